The molecule has 4 nitrogen and oxygen atoms in total. The van der Waals surface area contributed by atoms with Gasteiger partial charge in [-0.05, 0) is 18.9 Å². The van der Waals surface area contributed by atoms with Gasteiger partial charge in [-0.3, -0.25) is 0 Å². The summed E-state index contributed by atoms with van der Waals surface area (Å²) in [5, 5.41) is 9.92. The number of hydrogen-bond donors (Lipinski definition) is 1. The topological polar surface area (TPSA) is 47.3 Å². The second-order valence-electron chi connectivity index (χ2n) is 4.46. The number of rotatable bonds is 7. The van der Waals surface area contributed by atoms with Crippen LogP contribution in [0.15, 0.2) is 43.0 Å². The van der Waals surface area contributed by atoms with Crippen LogP contribution >= 0.6 is 0 Å². The smallest absolute Gasteiger partial charge is 0.125 e. The fraction of sp³-hybridized carbons (Fsp3) is 0.400. The van der Waals surface area contributed by atoms with Crippen molar-refractivity contribution < 1.29 is 9.84 Å². The van der Waals surface area contributed by atoms with E-state index in [9.17, 15) is 5.11 Å². The Hall–Kier alpha value is -1.81. The third kappa shape index (κ3) is 3.83. The zero-order valence-corrected chi connectivity index (χ0v) is 11.2. The SMILES string of the molecule is CC[C@@H](O)c1ccccc1OCCCn1ccnc1. The number of aromatic nitrogens is 2. The van der Waals surface area contributed by atoms with Gasteiger partial charge in [-0.1, -0.05) is 25.1 Å². The van der Waals surface area contributed by atoms with Crippen molar-refractivity contribution in [2.24, 2.45) is 0 Å². The standard InChI is InChI=1S/C15H20N2O2/c1-2-14(18)13-6-3-4-7-15(13)19-11-5-9-17-10-8-16-12-17/h3-4,6-8,10,12,14,18H,2,5,9,11H2,1H3/t14-/m1/s1. The third-order valence-electron chi connectivity index (χ3n) is 3.04. The lowest BCUT2D eigenvalue weighted by Gasteiger charge is -2.14. The van der Waals surface area contributed by atoms with Crippen LogP contribution in [0, 0.1) is 0 Å². The van der Waals surface area contributed by atoms with Crippen LogP contribution in [0.25, 0.3) is 0 Å². The molecule has 0 unspecified atom stereocenters. The Labute approximate surface area is 113 Å². The third-order valence-corrected chi connectivity index (χ3v) is 3.04. The predicted molar refractivity (Wildman–Crippen MR) is 74.0 cm³/mol. The molecule has 2 aromatic rings. The Morgan fingerprint density at radius 2 is 2.21 bits per heavy atom. The molecule has 4 heteroatoms. The Morgan fingerprint density at radius 3 is 2.95 bits per heavy atom. The van der Waals surface area contributed by atoms with Gasteiger partial charge in [-0.15, -0.1) is 0 Å². The number of ether oxygens (including phenoxy) is 1. The molecule has 0 fully saturated rings. The first-order valence-corrected chi connectivity index (χ1v) is 6.66. The highest BCUT2D eigenvalue weighted by atomic mass is 16.5. The molecule has 1 N–H and O–H groups in total. The molecule has 1 heterocycles. The van der Waals surface area contributed by atoms with Gasteiger partial charge in [0.2, 0.25) is 0 Å². The van der Waals surface area contributed by atoms with Gasteiger partial charge in [0.15, 0.2) is 0 Å². The van der Waals surface area contributed by atoms with E-state index in [4.69, 9.17) is 4.74 Å². The first kappa shape index (κ1) is 13.6. The molecule has 1 aromatic carbocycles. The number of aliphatic hydroxyl groups is 1. The molecule has 19 heavy (non-hydrogen) atoms. The van der Waals surface area contributed by atoms with Crippen molar-refractivity contribution in [1.29, 1.82) is 0 Å². The summed E-state index contributed by atoms with van der Waals surface area (Å²) in [6.07, 6.45) is 6.66. The minimum Gasteiger partial charge on any atom is -0.493 e. The normalized spacial score (nSPS) is 12.3. The van der Waals surface area contributed by atoms with E-state index in [1.165, 1.54) is 0 Å². The average molecular weight is 260 g/mol. The van der Waals surface area contributed by atoms with Crippen LogP contribution in [-0.4, -0.2) is 21.3 Å². The molecule has 0 amide bonds. The first-order chi connectivity index (χ1) is 9.31. The zero-order chi connectivity index (χ0) is 13.5. The molecular weight excluding hydrogens is 240 g/mol. The van der Waals surface area contributed by atoms with Gasteiger partial charge in [-0.25, -0.2) is 4.98 Å². The van der Waals surface area contributed by atoms with Crippen LogP contribution in [-0.2, 0) is 6.54 Å². The summed E-state index contributed by atoms with van der Waals surface area (Å²) < 4.78 is 7.79. The van der Waals surface area contributed by atoms with Crippen LogP contribution in [0.1, 0.15) is 31.4 Å². The van der Waals surface area contributed by atoms with Crippen molar-refractivity contribution in [3.63, 3.8) is 0 Å². The Morgan fingerprint density at radius 1 is 1.37 bits per heavy atom. The highest BCUT2D eigenvalue weighted by Crippen LogP contribution is 2.26. The first-order valence-electron chi connectivity index (χ1n) is 6.66. The average Bonchev–Trinajstić information content (AvgIpc) is 2.96. The van der Waals surface area contributed by atoms with Crippen LogP contribution in [0.3, 0.4) is 0 Å². The number of benzene rings is 1. The molecule has 0 bridgehead atoms. The van der Waals surface area contributed by atoms with Crippen molar-refractivity contribution in [2.45, 2.75) is 32.4 Å². The van der Waals surface area contributed by atoms with Gasteiger partial charge < -0.3 is 14.4 Å². The fourth-order valence-corrected chi connectivity index (χ4v) is 1.96. The summed E-state index contributed by atoms with van der Waals surface area (Å²) >= 11 is 0. The lowest BCUT2D eigenvalue weighted by Crippen LogP contribution is -2.06. The van der Waals surface area contributed by atoms with Gasteiger partial charge in [0, 0.05) is 24.5 Å². The monoisotopic (exact) mass is 260 g/mol. The van der Waals surface area contributed by atoms with E-state index in [1.807, 2.05) is 42.0 Å². The largest absolute Gasteiger partial charge is 0.493 e. The Bertz CT molecular complexity index is 483. The quantitative estimate of drug-likeness (QED) is 0.779. The summed E-state index contributed by atoms with van der Waals surface area (Å²) in [6.45, 7) is 3.48. The molecule has 0 aliphatic rings. The van der Waals surface area contributed by atoms with Crippen LogP contribution in [0.5, 0.6) is 5.75 Å². The van der Waals surface area contributed by atoms with Crippen LogP contribution in [0.4, 0.5) is 0 Å². The number of nitrogens with zero attached hydrogens (tertiary/aromatic N) is 2. The second kappa shape index (κ2) is 6.95. The van der Waals surface area contributed by atoms with Crippen LogP contribution < -0.4 is 4.74 Å². The lowest BCUT2D eigenvalue weighted by molar-refractivity contribution is 0.166. The van der Waals surface area contributed by atoms with Gasteiger partial charge in [0.25, 0.3) is 0 Å². The van der Waals surface area contributed by atoms with E-state index < -0.39 is 6.10 Å². The van der Waals surface area contributed by atoms with E-state index in [0.717, 1.165) is 24.3 Å². The molecule has 102 valence electrons. The maximum Gasteiger partial charge on any atom is 0.125 e. The van der Waals surface area contributed by atoms with Crippen molar-refractivity contribution in [3.8, 4) is 5.75 Å². The highest BCUT2D eigenvalue weighted by molar-refractivity contribution is 5.34. The highest BCUT2D eigenvalue weighted by Gasteiger charge is 2.10. The van der Waals surface area contributed by atoms with E-state index in [2.05, 4.69) is 4.98 Å². The maximum atomic E-state index is 9.92. The lowest BCUT2D eigenvalue weighted by atomic mass is 10.1. The molecule has 0 saturated heterocycles. The Kier molecular flexibility index (Phi) is 4.98. The number of aryl methyl sites for hydroxylation is 1. The molecule has 2 rings (SSSR count). The Balaban J connectivity index is 1.85. The van der Waals surface area contributed by atoms with E-state index in [0.29, 0.717) is 13.0 Å². The predicted octanol–water partition coefficient (Wildman–Crippen LogP) is 2.80. The van der Waals surface area contributed by atoms with Crippen molar-refractivity contribution in [3.05, 3.63) is 48.5 Å². The maximum absolute atomic E-state index is 9.92. The number of imidazole rings is 1. The van der Waals surface area contributed by atoms with E-state index in [1.54, 1.807) is 12.5 Å². The summed E-state index contributed by atoms with van der Waals surface area (Å²) in [5.41, 5.74) is 0.868. The van der Waals surface area contributed by atoms with Crippen LogP contribution in [0.2, 0.25) is 0 Å². The summed E-state index contributed by atoms with van der Waals surface area (Å²) in [5.74, 6) is 0.780. The van der Waals surface area contributed by atoms with Crippen molar-refractivity contribution >= 4 is 0 Å². The summed E-state index contributed by atoms with van der Waals surface area (Å²) in [7, 11) is 0. The number of hydrogen-bond acceptors (Lipinski definition) is 3. The molecule has 0 spiro atoms. The number of para-hydroxylation sites is 1. The molecule has 1 atom stereocenters. The van der Waals surface area contributed by atoms with Crippen molar-refractivity contribution in [2.75, 3.05) is 6.61 Å². The molecule has 0 saturated carbocycles. The molecule has 1 aromatic heterocycles. The van der Waals surface area contributed by atoms with E-state index in [-0.39, 0.29) is 0 Å². The molecule has 0 radical (unpaired) electrons. The van der Waals surface area contributed by atoms with Crippen molar-refractivity contribution in [1.82, 2.24) is 9.55 Å². The zero-order valence-electron chi connectivity index (χ0n) is 11.2. The van der Waals surface area contributed by atoms with E-state index >= 15 is 0 Å². The van der Waals surface area contributed by atoms with Gasteiger partial charge in [0.05, 0.1) is 19.0 Å². The minimum atomic E-state index is -0.454. The van der Waals surface area contributed by atoms with Gasteiger partial charge >= 0.3 is 0 Å². The summed E-state index contributed by atoms with van der Waals surface area (Å²) in [6, 6.07) is 7.68. The molecule has 0 aliphatic heterocycles. The summed E-state index contributed by atoms with van der Waals surface area (Å²) in [4.78, 5) is 4.00. The minimum absolute atomic E-state index is 0.454. The second-order valence-corrected chi connectivity index (χ2v) is 4.46. The number of aliphatic hydroxyl groups excluding tert-OH is 1. The van der Waals surface area contributed by atoms with Gasteiger partial charge in [-0.2, -0.15) is 0 Å². The van der Waals surface area contributed by atoms with Gasteiger partial charge in [0.1, 0.15) is 5.75 Å². The molecular formula is C15H20N2O2. The fourth-order valence-electron chi connectivity index (χ4n) is 1.96. The molecule has 0 aliphatic carbocycles.